The van der Waals surface area contributed by atoms with Crippen LogP contribution in [0.15, 0.2) is 24.3 Å². The fourth-order valence-electron chi connectivity index (χ4n) is 2.98. The second kappa shape index (κ2) is 4.34. The van der Waals surface area contributed by atoms with Crippen molar-refractivity contribution in [2.24, 2.45) is 5.41 Å². The SMILES string of the molecule is COc1ccc(C2(O)CCCC(C)(C)C2)cc1. The third-order valence-electron chi connectivity index (χ3n) is 3.84. The fraction of sp³-hybridized carbons (Fsp3) is 0.600. The molecule has 1 aliphatic carbocycles. The van der Waals surface area contributed by atoms with Gasteiger partial charge in [-0.05, 0) is 48.8 Å². The van der Waals surface area contributed by atoms with E-state index in [1.54, 1.807) is 7.11 Å². The summed E-state index contributed by atoms with van der Waals surface area (Å²) in [6, 6.07) is 7.82. The first-order valence-electron chi connectivity index (χ1n) is 6.32. The summed E-state index contributed by atoms with van der Waals surface area (Å²) in [4.78, 5) is 0. The van der Waals surface area contributed by atoms with Crippen LogP contribution in [-0.2, 0) is 5.60 Å². The van der Waals surface area contributed by atoms with Gasteiger partial charge in [0, 0.05) is 0 Å². The zero-order valence-electron chi connectivity index (χ0n) is 11.0. The number of benzene rings is 1. The lowest BCUT2D eigenvalue weighted by Crippen LogP contribution is -2.36. The van der Waals surface area contributed by atoms with Gasteiger partial charge in [-0.15, -0.1) is 0 Å². The average Bonchev–Trinajstić information content (AvgIpc) is 2.27. The van der Waals surface area contributed by atoms with Crippen LogP contribution in [0.25, 0.3) is 0 Å². The van der Waals surface area contributed by atoms with Gasteiger partial charge < -0.3 is 9.84 Å². The molecule has 1 unspecified atom stereocenters. The molecule has 1 aromatic rings. The van der Waals surface area contributed by atoms with Crippen molar-refractivity contribution in [1.29, 1.82) is 0 Å². The third-order valence-corrected chi connectivity index (χ3v) is 3.84. The molecule has 0 saturated heterocycles. The van der Waals surface area contributed by atoms with Gasteiger partial charge >= 0.3 is 0 Å². The van der Waals surface area contributed by atoms with Crippen LogP contribution in [0.2, 0.25) is 0 Å². The minimum atomic E-state index is -0.659. The van der Waals surface area contributed by atoms with Gasteiger partial charge in [0.05, 0.1) is 12.7 Å². The molecule has 0 bridgehead atoms. The zero-order chi connectivity index (χ0) is 12.5. The minimum absolute atomic E-state index is 0.229. The monoisotopic (exact) mass is 234 g/mol. The number of methoxy groups -OCH3 is 1. The largest absolute Gasteiger partial charge is 0.497 e. The van der Waals surface area contributed by atoms with E-state index in [9.17, 15) is 5.11 Å². The van der Waals surface area contributed by atoms with E-state index in [0.29, 0.717) is 0 Å². The van der Waals surface area contributed by atoms with Crippen molar-refractivity contribution in [3.8, 4) is 5.75 Å². The van der Waals surface area contributed by atoms with Gasteiger partial charge in [0.25, 0.3) is 0 Å². The molecule has 0 heterocycles. The molecule has 1 fully saturated rings. The zero-order valence-corrected chi connectivity index (χ0v) is 11.0. The lowest BCUT2D eigenvalue weighted by Gasteiger charge is -2.41. The maximum absolute atomic E-state index is 10.8. The predicted octanol–water partition coefficient (Wildman–Crippen LogP) is 3.48. The summed E-state index contributed by atoms with van der Waals surface area (Å²) in [5.74, 6) is 0.840. The highest BCUT2D eigenvalue weighted by atomic mass is 16.5. The Balaban J connectivity index is 2.24. The van der Waals surface area contributed by atoms with Crippen molar-refractivity contribution >= 4 is 0 Å². The Morgan fingerprint density at radius 2 is 1.76 bits per heavy atom. The molecule has 0 aromatic heterocycles. The summed E-state index contributed by atoms with van der Waals surface area (Å²) in [5, 5.41) is 10.8. The molecule has 0 aliphatic heterocycles. The molecule has 1 N–H and O–H groups in total. The van der Waals surface area contributed by atoms with Crippen molar-refractivity contribution in [3.05, 3.63) is 29.8 Å². The normalized spacial score (nSPS) is 27.8. The number of hydrogen-bond donors (Lipinski definition) is 1. The van der Waals surface area contributed by atoms with Gasteiger partial charge in [0.15, 0.2) is 0 Å². The Kier molecular flexibility index (Phi) is 3.17. The molecule has 0 amide bonds. The van der Waals surface area contributed by atoms with Gasteiger partial charge in [-0.3, -0.25) is 0 Å². The molecule has 17 heavy (non-hydrogen) atoms. The summed E-state index contributed by atoms with van der Waals surface area (Å²) in [5.41, 5.74) is 0.590. The molecule has 1 aliphatic rings. The van der Waals surface area contributed by atoms with Crippen LogP contribution in [0.3, 0.4) is 0 Å². The van der Waals surface area contributed by atoms with Crippen LogP contribution in [0.4, 0.5) is 0 Å². The van der Waals surface area contributed by atoms with Crippen LogP contribution in [-0.4, -0.2) is 12.2 Å². The number of aliphatic hydroxyl groups is 1. The van der Waals surface area contributed by atoms with E-state index in [4.69, 9.17) is 4.74 Å². The van der Waals surface area contributed by atoms with E-state index in [1.165, 1.54) is 6.42 Å². The van der Waals surface area contributed by atoms with E-state index in [2.05, 4.69) is 13.8 Å². The minimum Gasteiger partial charge on any atom is -0.497 e. The quantitative estimate of drug-likeness (QED) is 0.849. The Labute approximate surface area is 104 Å². The van der Waals surface area contributed by atoms with Crippen LogP contribution in [0.5, 0.6) is 5.75 Å². The highest BCUT2D eigenvalue weighted by Crippen LogP contribution is 2.46. The third kappa shape index (κ3) is 2.63. The highest BCUT2D eigenvalue weighted by Gasteiger charge is 2.39. The Morgan fingerprint density at radius 3 is 2.29 bits per heavy atom. The Hall–Kier alpha value is -1.02. The van der Waals surface area contributed by atoms with Crippen molar-refractivity contribution < 1.29 is 9.84 Å². The van der Waals surface area contributed by atoms with Gasteiger partial charge in [-0.2, -0.15) is 0 Å². The molecular weight excluding hydrogens is 212 g/mol. The molecule has 2 heteroatoms. The first kappa shape index (κ1) is 12.4. The van der Waals surface area contributed by atoms with E-state index >= 15 is 0 Å². The topological polar surface area (TPSA) is 29.5 Å². The Bertz CT molecular complexity index is 380. The van der Waals surface area contributed by atoms with E-state index < -0.39 is 5.60 Å². The van der Waals surface area contributed by atoms with E-state index in [1.807, 2.05) is 24.3 Å². The predicted molar refractivity (Wildman–Crippen MR) is 69.1 cm³/mol. The fourth-order valence-corrected chi connectivity index (χ4v) is 2.98. The van der Waals surface area contributed by atoms with E-state index in [0.717, 1.165) is 30.6 Å². The number of hydrogen-bond acceptors (Lipinski definition) is 2. The first-order chi connectivity index (χ1) is 7.95. The second-order valence-electron chi connectivity index (χ2n) is 5.95. The molecular formula is C15H22O2. The van der Waals surface area contributed by atoms with Crippen LogP contribution in [0, 0.1) is 5.41 Å². The van der Waals surface area contributed by atoms with Gasteiger partial charge in [0.1, 0.15) is 5.75 Å². The van der Waals surface area contributed by atoms with Crippen molar-refractivity contribution in [1.82, 2.24) is 0 Å². The molecule has 94 valence electrons. The molecule has 1 atom stereocenters. The van der Waals surface area contributed by atoms with Crippen molar-refractivity contribution in [2.45, 2.75) is 45.1 Å². The van der Waals surface area contributed by atoms with Crippen molar-refractivity contribution in [2.75, 3.05) is 7.11 Å². The van der Waals surface area contributed by atoms with E-state index in [-0.39, 0.29) is 5.41 Å². The molecule has 2 rings (SSSR count). The maximum Gasteiger partial charge on any atom is 0.118 e. The number of ether oxygens (including phenoxy) is 1. The van der Waals surface area contributed by atoms with Crippen LogP contribution < -0.4 is 4.74 Å². The standard InChI is InChI=1S/C15H22O2/c1-14(2)9-4-10-15(16,11-14)12-5-7-13(17-3)8-6-12/h5-8,16H,4,9-11H2,1-3H3. The Morgan fingerprint density at radius 1 is 1.12 bits per heavy atom. The maximum atomic E-state index is 10.8. The smallest absolute Gasteiger partial charge is 0.118 e. The summed E-state index contributed by atoms with van der Waals surface area (Å²) in [6.45, 7) is 4.47. The average molecular weight is 234 g/mol. The second-order valence-corrected chi connectivity index (χ2v) is 5.95. The summed E-state index contributed by atoms with van der Waals surface area (Å²) >= 11 is 0. The molecule has 0 spiro atoms. The molecule has 0 radical (unpaired) electrons. The first-order valence-corrected chi connectivity index (χ1v) is 6.32. The summed E-state index contributed by atoms with van der Waals surface area (Å²) in [6.07, 6.45) is 4.00. The number of rotatable bonds is 2. The van der Waals surface area contributed by atoms with Gasteiger partial charge in [-0.25, -0.2) is 0 Å². The summed E-state index contributed by atoms with van der Waals surface area (Å²) < 4.78 is 5.15. The molecule has 1 aromatic carbocycles. The van der Waals surface area contributed by atoms with Gasteiger partial charge in [0.2, 0.25) is 0 Å². The lowest BCUT2D eigenvalue weighted by molar-refractivity contribution is -0.0440. The summed E-state index contributed by atoms with van der Waals surface area (Å²) in [7, 11) is 1.66. The van der Waals surface area contributed by atoms with Crippen molar-refractivity contribution in [3.63, 3.8) is 0 Å². The lowest BCUT2D eigenvalue weighted by atomic mass is 9.67. The van der Waals surface area contributed by atoms with Crippen LogP contribution >= 0.6 is 0 Å². The molecule has 1 saturated carbocycles. The van der Waals surface area contributed by atoms with Gasteiger partial charge in [-0.1, -0.05) is 26.0 Å². The highest BCUT2D eigenvalue weighted by molar-refractivity contribution is 5.31. The van der Waals surface area contributed by atoms with Crippen LogP contribution in [0.1, 0.15) is 45.1 Å². The molecule has 2 nitrogen and oxygen atoms in total.